The zero-order valence-electron chi connectivity index (χ0n) is 16.8. The first-order valence-corrected chi connectivity index (χ1v) is 9.34. The highest BCUT2D eigenvalue weighted by Crippen LogP contribution is 2.28. The van der Waals surface area contributed by atoms with Gasteiger partial charge >= 0.3 is 6.18 Å². The summed E-state index contributed by atoms with van der Waals surface area (Å²) in [4.78, 5) is 15.9. The standard InChI is InChI=1S/C23H22F3N3O/c1-22(2,3)16-6-4-15(5-7-16)21(30)29-18-10-8-17(9-11-18)28-19-12-13-20(27-14-19)23(24,25)26/h4-14,28H,1-3H3,(H,29,30). The molecule has 0 saturated heterocycles. The second kappa shape index (κ2) is 8.18. The molecule has 4 nitrogen and oxygen atoms in total. The SMILES string of the molecule is CC(C)(C)c1ccc(C(=O)Nc2ccc(Nc3ccc(C(F)(F)F)nc3)cc2)cc1. The Morgan fingerprint density at radius 3 is 1.87 bits per heavy atom. The molecule has 3 aromatic rings. The molecule has 3 rings (SSSR count). The number of carbonyl (C=O) groups is 1. The van der Waals surface area contributed by atoms with Gasteiger partial charge in [0.2, 0.25) is 0 Å². The first-order valence-electron chi connectivity index (χ1n) is 9.34. The van der Waals surface area contributed by atoms with E-state index in [4.69, 9.17) is 0 Å². The van der Waals surface area contributed by atoms with E-state index in [0.717, 1.165) is 17.8 Å². The van der Waals surface area contributed by atoms with E-state index in [2.05, 4.69) is 36.4 Å². The molecule has 30 heavy (non-hydrogen) atoms. The quantitative estimate of drug-likeness (QED) is 0.521. The predicted octanol–water partition coefficient (Wildman–Crippen LogP) is 6.39. The van der Waals surface area contributed by atoms with Crippen LogP contribution in [0, 0.1) is 0 Å². The summed E-state index contributed by atoms with van der Waals surface area (Å²) in [5.41, 5.74) is 2.47. The molecular weight excluding hydrogens is 391 g/mol. The zero-order valence-corrected chi connectivity index (χ0v) is 16.8. The molecule has 0 fully saturated rings. The van der Waals surface area contributed by atoms with Crippen LogP contribution in [0.2, 0.25) is 0 Å². The van der Waals surface area contributed by atoms with Crippen LogP contribution in [0.25, 0.3) is 0 Å². The largest absolute Gasteiger partial charge is 0.433 e. The number of alkyl halides is 3. The van der Waals surface area contributed by atoms with Crippen molar-refractivity contribution in [2.45, 2.75) is 32.4 Å². The van der Waals surface area contributed by atoms with Crippen molar-refractivity contribution >= 4 is 23.0 Å². The number of benzene rings is 2. The van der Waals surface area contributed by atoms with Gasteiger partial charge in [-0.05, 0) is 59.5 Å². The van der Waals surface area contributed by atoms with Crippen molar-refractivity contribution in [2.75, 3.05) is 10.6 Å². The van der Waals surface area contributed by atoms with Crippen LogP contribution in [0.5, 0.6) is 0 Å². The van der Waals surface area contributed by atoms with Crippen molar-refractivity contribution in [3.63, 3.8) is 0 Å². The maximum atomic E-state index is 12.6. The second-order valence-electron chi connectivity index (χ2n) is 7.91. The Labute approximate surface area is 173 Å². The minimum absolute atomic E-state index is 0.0143. The van der Waals surface area contributed by atoms with Crippen LogP contribution < -0.4 is 10.6 Å². The Hall–Kier alpha value is -3.35. The van der Waals surface area contributed by atoms with Crippen LogP contribution in [-0.2, 0) is 11.6 Å². The van der Waals surface area contributed by atoms with Gasteiger partial charge in [0, 0.05) is 16.9 Å². The molecule has 156 valence electrons. The van der Waals surface area contributed by atoms with E-state index in [0.29, 0.717) is 22.6 Å². The fourth-order valence-electron chi connectivity index (χ4n) is 2.76. The number of amides is 1. The minimum atomic E-state index is -4.47. The lowest BCUT2D eigenvalue weighted by Crippen LogP contribution is -2.14. The lowest BCUT2D eigenvalue weighted by molar-refractivity contribution is -0.141. The number of nitrogens with one attached hydrogen (secondary N) is 2. The number of anilines is 3. The summed E-state index contributed by atoms with van der Waals surface area (Å²) in [5, 5.41) is 5.80. The van der Waals surface area contributed by atoms with Crippen LogP contribution in [0.15, 0.2) is 66.9 Å². The lowest BCUT2D eigenvalue weighted by atomic mass is 9.87. The Morgan fingerprint density at radius 2 is 1.37 bits per heavy atom. The zero-order chi connectivity index (χ0) is 21.9. The molecule has 0 unspecified atom stereocenters. The van der Waals surface area contributed by atoms with E-state index < -0.39 is 11.9 Å². The molecule has 2 aromatic carbocycles. The number of halogens is 3. The van der Waals surface area contributed by atoms with Crippen LogP contribution in [-0.4, -0.2) is 10.9 Å². The molecule has 0 radical (unpaired) electrons. The molecule has 0 aliphatic carbocycles. The topological polar surface area (TPSA) is 54.0 Å². The summed E-state index contributed by atoms with van der Waals surface area (Å²) in [6.07, 6.45) is -3.34. The van der Waals surface area contributed by atoms with E-state index in [1.807, 2.05) is 12.1 Å². The van der Waals surface area contributed by atoms with Gasteiger partial charge in [-0.15, -0.1) is 0 Å². The molecule has 2 N–H and O–H groups in total. The molecule has 0 atom stereocenters. The number of hydrogen-bond donors (Lipinski definition) is 2. The molecule has 0 spiro atoms. The summed E-state index contributed by atoms with van der Waals surface area (Å²) in [5.74, 6) is -0.219. The minimum Gasteiger partial charge on any atom is -0.354 e. The normalized spacial score (nSPS) is 11.8. The van der Waals surface area contributed by atoms with Gasteiger partial charge < -0.3 is 10.6 Å². The molecule has 0 aliphatic heterocycles. The summed E-state index contributed by atoms with van der Waals surface area (Å²) >= 11 is 0. The van der Waals surface area contributed by atoms with Gasteiger partial charge in [0.25, 0.3) is 5.91 Å². The third-order valence-corrected chi connectivity index (χ3v) is 4.50. The number of aromatic nitrogens is 1. The van der Waals surface area contributed by atoms with Crippen LogP contribution >= 0.6 is 0 Å². The highest BCUT2D eigenvalue weighted by molar-refractivity contribution is 6.04. The van der Waals surface area contributed by atoms with Gasteiger partial charge in [-0.2, -0.15) is 13.2 Å². The third kappa shape index (κ3) is 5.37. The molecule has 1 heterocycles. The smallest absolute Gasteiger partial charge is 0.354 e. The molecular formula is C23H22F3N3O. The number of pyridine rings is 1. The summed E-state index contributed by atoms with van der Waals surface area (Å²) in [6, 6.07) is 16.6. The van der Waals surface area contributed by atoms with Crippen LogP contribution in [0.1, 0.15) is 42.4 Å². The number of hydrogen-bond acceptors (Lipinski definition) is 3. The molecule has 1 amide bonds. The van der Waals surface area contributed by atoms with E-state index >= 15 is 0 Å². The highest BCUT2D eigenvalue weighted by Gasteiger charge is 2.32. The first kappa shape index (κ1) is 21.4. The number of nitrogens with zero attached hydrogens (tertiary/aromatic N) is 1. The van der Waals surface area contributed by atoms with Crippen molar-refractivity contribution in [1.29, 1.82) is 0 Å². The van der Waals surface area contributed by atoms with Gasteiger partial charge in [-0.25, -0.2) is 4.98 Å². The number of rotatable bonds is 4. The van der Waals surface area contributed by atoms with E-state index in [1.165, 1.54) is 6.07 Å². The Morgan fingerprint density at radius 1 is 0.800 bits per heavy atom. The molecule has 0 bridgehead atoms. The Balaban J connectivity index is 1.62. The second-order valence-corrected chi connectivity index (χ2v) is 7.91. The van der Waals surface area contributed by atoms with Crippen LogP contribution in [0.3, 0.4) is 0 Å². The van der Waals surface area contributed by atoms with Crippen molar-refractivity contribution in [3.05, 3.63) is 83.7 Å². The number of carbonyl (C=O) groups excluding carboxylic acids is 1. The molecule has 0 saturated carbocycles. The van der Waals surface area contributed by atoms with Crippen LogP contribution in [0.4, 0.5) is 30.2 Å². The van der Waals surface area contributed by atoms with Gasteiger partial charge in [0.1, 0.15) is 5.69 Å². The maximum Gasteiger partial charge on any atom is 0.433 e. The fourth-order valence-corrected chi connectivity index (χ4v) is 2.76. The monoisotopic (exact) mass is 413 g/mol. The van der Waals surface area contributed by atoms with Crippen molar-refractivity contribution in [3.8, 4) is 0 Å². The summed E-state index contributed by atoms with van der Waals surface area (Å²) < 4.78 is 37.7. The molecule has 0 aliphatic rings. The van der Waals surface area contributed by atoms with Crippen molar-refractivity contribution in [1.82, 2.24) is 4.98 Å². The van der Waals surface area contributed by atoms with Gasteiger partial charge in [0.15, 0.2) is 0 Å². The summed E-state index contributed by atoms with van der Waals surface area (Å²) in [6.45, 7) is 6.33. The Bertz CT molecular complexity index is 1000. The lowest BCUT2D eigenvalue weighted by Gasteiger charge is -2.19. The van der Waals surface area contributed by atoms with Crippen molar-refractivity contribution < 1.29 is 18.0 Å². The average molecular weight is 413 g/mol. The van der Waals surface area contributed by atoms with Gasteiger partial charge in [-0.3, -0.25) is 4.79 Å². The van der Waals surface area contributed by atoms with Crippen molar-refractivity contribution in [2.24, 2.45) is 0 Å². The first-order chi connectivity index (χ1) is 14.0. The van der Waals surface area contributed by atoms with Gasteiger partial charge in [0.05, 0.1) is 11.9 Å². The van der Waals surface area contributed by atoms with Gasteiger partial charge in [-0.1, -0.05) is 32.9 Å². The maximum absolute atomic E-state index is 12.6. The Kier molecular flexibility index (Phi) is 5.82. The van der Waals surface area contributed by atoms with E-state index in [1.54, 1.807) is 36.4 Å². The summed E-state index contributed by atoms with van der Waals surface area (Å²) in [7, 11) is 0. The predicted molar refractivity (Wildman–Crippen MR) is 112 cm³/mol. The molecule has 7 heteroatoms. The highest BCUT2D eigenvalue weighted by atomic mass is 19.4. The van der Waals surface area contributed by atoms with E-state index in [-0.39, 0.29) is 11.3 Å². The fraction of sp³-hybridized carbons (Fsp3) is 0.217. The third-order valence-electron chi connectivity index (χ3n) is 4.50. The average Bonchev–Trinajstić information content (AvgIpc) is 2.68. The molecule has 1 aromatic heterocycles. The van der Waals surface area contributed by atoms with E-state index in [9.17, 15) is 18.0 Å².